The number of piperidine rings is 1. The molecule has 5 nitrogen and oxygen atoms in total. The van der Waals surface area contributed by atoms with E-state index in [0.29, 0.717) is 38.1 Å². The number of ether oxygens (including phenoxy) is 1. The third kappa shape index (κ3) is 5.54. The zero-order valence-electron chi connectivity index (χ0n) is 17.0. The highest BCUT2D eigenvalue weighted by Gasteiger charge is 2.26. The minimum absolute atomic E-state index is 0.00226. The van der Waals surface area contributed by atoms with Gasteiger partial charge in [-0.1, -0.05) is 17.7 Å². The van der Waals surface area contributed by atoms with Crippen LogP contribution in [0.2, 0.25) is 0 Å². The molecule has 6 heteroatoms. The van der Waals surface area contributed by atoms with Crippen LogP contribution in [-0.4, -0.2) is 36.4 Å². The molecule has 0 aliphatic carbocycles. The van der Waals surface area contributed by atoms with Crippen molar-refractivity contribution in [2.45, 2.75) is 37.3 Å². The summed E-state index contributed by atoms with van der Waals surface area (Å²) in [7, 11) is 0. The molecule has 1 fully saturated rings. The molecule has 0 spiro atoms. The standard InChI is InChI=1S/C23H28N2O3S/c1-3-28-21-9-6-18(23(27)25-12-10-17(11-13-25)22(24)26)14-19(21)15-29-20-7-4-16(2)5-8-20/h4-9,14,17H,3,10-13,15H2,1-2H3,(H2,24,26). The Bertz CT molecular complexity index is 859. The summed E-state index contributed by atoms with van der Waals surface area (Å²) in [6.45, 7) is 5.73. The van der Waals surface area contributed by atoms with E-state index in [1.165, 1.54) is 10.5 Å². The summed E-state index contributed by atoms with van der Waals surface area (Å²) >= 11 is 1.73. The average Bonchev–Trinajstić information content (AvgIpc) is 2.74. The van der Waals surface area contributed by atoms with Crippen LogP contribution < -0.4 is 10.5 Å². The van der Waals surface area contributed by atoms with Crippen LogP contribution in [0.5, 0.6) is 5.75 Å². The molecule has 0 radical (unpaired) electrons. The molecule has 1 saturated heterocycles. The van der Waals surface area contributed by atoms with Crippen molar-refractivity contribution in [3.63, 3.8) is 0 Å². The fourth-order valence-corrected chi connectivity index (χ4v) is 4.34. The third-order valence-electron chi connectivity index (χ3n) is 5.21. The van der Waals surface area contributed by atoms with E-state index in [4.69, 9.17) is 10.5 Å². The Kier molecular flexibility index (Phi) is 7.20. The Labute approximate surface area is 176 Å². The van der Waals surface area contributed by atoms with Crippen molar-refractivity contribution in [3.05, 3.63) is 59.2 Å². The zero-order chi connectivity index (χ0) is 20.8. The second kappa shape index (κ2) is 9.83. The van der Waals surface area contributed by atoms with Crippen LogP contribution in [0.4, 0.5) is 0 Å². The van der Waals surface area contributed by atoms with Gasteiger partial charge in [0, 0.05) is 40.8 Å². The topological polar surface area (TPSA) is 72.6 Å². The summed E-state index contributed by atoms with van der Waals surface area (Å²) in [6, 6.07) is 14.1. The SMILES string of the molecule is CCOc1ccc(C(=O)N2CCC(C(N)=O)CC2)cc1CSc1ccc(C)cc1. The molecule has 2 amide bonds. The number of amides is 2. The van der Waals surface area contributed by atoms with Crippen LogP contribution >= 0.6 is 11.8 Å². The molecule has 2 aromatic rings. The van der Waals surface area contributed by atoms with Crippen molar-refractivity contribution in [2.75, 3.05) is 19.7 Å². The number of hydrogen-bond donors (Lipinski definition) is 1. The lowest BCUT2D eigenvalue weighted by Gasteiger charge is -2.30. The fourth-order valence-electron chi connectivity index (χ4n) is 3.47. The van der Waals surface area contributed by atoms with Crippen molar-refractivity contribution in [1.29, 1.82) is 0 Å². The Morgan fingerprint density at radius 3 is 2.45 bits per heavy atom. The lowest BCUT2D eigenvalue weighted by Crippen LogP contribution is -2.41. The van der Waals surface area contributed by atoms with E-state index >= 15 is 0 Å². The number of hydrogen-bond acceptors (Lipinski definition) is 4. The molecule has 3 rings (SSSR count). The number of likely N-dealkylation sites (tertiary alicyclic amines) is 1. The molecule has 2 aromatic carbocycles. The van der Waals surface area contributed by atoms with Gasteiger partial charge < -0.3 is 15.4 Å². The van der Waals surface area contributed by atoms with Crippen molar-refractivity contribution < 1.29 is 14.3 Å². The van der Waals surface area contributed by atoms with Gasteiger partial charge in [0.1, 0.15) is 5.75 Å². The van der Waals surface area contributed by atoms with Crippen LogP contribution in [0, 0.1) is 12.8 Å². The highest BCUT2D eigenvalue weighted by Crippen LogP contribution is 2.30. The maximum Gasteiger partial charge on any atom is 0.253 e. The van der Waals surface area contributed by atoms with Gasteiger partial charge in [0.05, 0.1) is 6.61 Å². The maximum atomic E-state index is 13.0. The van der Waals surface area contributed by atoms with E-state index in [2.05, 4.69) is 31.2 Å². The van der Waals surface area contributed by atoms with Gasteiger partial charge in [-0.25, -0.2) is 0 Å². The van der Waals surface area contributed by atoms with E-state index in [0.717, 1.165) is 17.1 Å². The second-order valence-corrected chi connectivity index (χ2v) is 8.37. The molecule has 0 unspecified atom stereocenters. The number of nitrogens with zero attached hydrogens (tertiary/aromatic N) is 1. The molecule has 29 heavy (non-hydrogen) atoms. The van der Waals surface area contributed by atoms with Crippen LogP contribution in [0.15, 0.2) is 47.4 Å². The predicted molar refractivity (Wildman–Crippen MR) is 116 cm³/mol. The van der Waals surface area contributed by atoms with E-state index in [1.54, 1.807) is 11.8 Å². The lowest BCUT2D eigenvalue weighted by atomic mass is 9.95. The quantitative estimate of drug-likeness (QED) is 0.697. The summed E-state index contributed by atoms with van der Waals surface area (Å²) in [5, 5.41) is 0. The second-order valence-electron chi connectivity index (χ2n) is 7.33. The molecule has 1 aliphatic rings. The van der Waals surface area contributed by atoms with Gasteiger partial charge in [-0.2, -0.15) is 0 Å². The number of aryl methyl sites for hydroxylation is 1. The first-order valence-electron chi connectivity index (χ1n) is 10.0. The minimum atomic E-state index is -0.270. The Morgan fingerprint density at radius 1 is 1.14 bits per heavy atom. The Hall–Kier alpha value is -2.47. The summed E-state index contributed by atoms with van der Waals surface area (Å²) in [5.41, 5.74) is 8.30. The predicted octanol–water partition coefficient (Wildman–Crippen LogP) is 4.02. The largest absolute Gasteiger partial charge is 0.494 e. The molecule has 1 aliphatic heterocycles. The van der Waals surface area contributed by atoms with Crippen LogP contribution in [-0.2, 0) is 10.5 Å². The number of rotatable bonds is 7. The minimum Gasteiger partial charge on any atom is -0.494 e. The van der Waals surface area contributed by atoms with Crippen LogP contribution in [0.3, 0.4) is 0 Å². The van der Waals surface area contributed by atoms with Gasteiger partial charge in [-0.3, -0.25) is 9.59 Å². The van der Waals surface area contributed by atoms with Gasteiger partial charge in [0.2, 0.25) is 5.91 Å². The number of thioether (sulfide) groups is 1. The van der Waals surface area contributed by atoms with Crippen LogP contribution in [0.25, 0.3) is 0 Å². The van der Waals surface area contributed by atoms with Crippen molar-refractivity contribution in [2.24, 2.45) is 11.7 Å². The number of nitrogens with two attached hydrogens (primary N) is 1. The molecular formula is C23H28N2O3S. The van der Waals surface area contributed by atoms with Gasteiger partial charge in [-0.15, -0.1) is 11.8 Å². The van der Waals surface area contributed by atoms with Crippen molar-refractivity contribution >= 4 is 23.6 Å². The molecule has 154 valence electrons. The Balaban J connectivity index is 1.72. The normalized spacial score (nSPS) is 14.6. The number of carbonyl (C=O) groups excluding carboxylic acids is 2. The molecule has 0 atom stereocenters. The first kappa shape index (κ1) is 21.2. The van der Waals surface area contributed by atoms with Gasteiger partial charge in [0.25, 0.3) is 5.91 Å². The average molecular weight is 413 g/mol. The molecule has 0 bridgehead atoms. The monoisotopic (exact) mass is 412 g/mol. The highest BCUT2D eigenvalue weighted by molar-refractivity contribution is 7.98. The zero-order valence-corrected chi connectivity index (χ0v) is 17.8. The first-order chi connectivity index (χ1) is 14.0. The molecule has 1 heterocycles. The molecular weight excluding hydrogens is 384 g/mol. The number of primary amides is 1. The van der Waals surface area contributed by atoms with Crippen molar-refractivity contribution in [1.82, 2.24) is 4.90 Å². The number of benzene rings is 2. The smallest absolute Gasteiger partial charge is 0.253 e. The maximum absolute atomic E-state index is 13.0. The summed E-state index contributed by atoms with van der Waals surface area (Å²) < 4.78 is 5.78. The fraction of sp³-hybridized carbons (Fsp3) is 0.391. The Morgan fingerprint density at radius 2 is 1.83 bits per heavy atom. The van der Waals surface area contributed by atoms with Crippen molar-refractivity contribution in [3.8, 4) is 5.75 Å². The van der Waals surface area contributed by atoms with Gasteiger partial charge in [-0.05, 0) is 57.0 Å². The van der Waals surface area contributed by atoms with E-state index < -0.39 is 0 Å². The molecule has 2 N–H and O–H groups in total. The van der Waals surface area contributed by atoms with Gasteiger partial charge in [0.15, 0.2) is 0 Å². The molecule has 0 saturated carbocycles. The van der Waals surface area contributed by atoms with Crippen LogP contribution in [0.1, 0.15) is 41.3 Å². The summed E-state index contributed by atoms with van der Waals surface area (Å²) in [4.78, 5) is 27.3. The summed E-state index contributed by atoms with van der Waals surface area (Å²) in [6.07, 6.45) is 1.27. The van der Waals surface area contributed by atoms with Gasteiger partial charge >= 0.3 is 0 Å². The summed E-state index contributed by atoms with van der Waals surface area (Å²) in [5.74, 6) is 1.14. The highest BCUT2D eigenvalue weighted by atomic mass is 32.2. The van der Waals surface area contributed by atoms with E-state index in [1.807, 2.05) is 30.0 Å². The van der Waals surface area contributed by atoms with E-state index in [9.17, 15) is 9.59 Å². The van der Waals surface area contributed by atoms with E-state index in [-0.39, 0.29) is 17.7 Å². The first-order valence-corrected chi connectivity index (χ1v) is 11.0. The lowest BCUT2D eigenvalue weighted by molar-refractivity contribution is -0.123. The molecule has 0 aromatic heterocycles. The third-order valence-corrected chi connectivity index (χ3v) is 6.27. The number of carbonyl (C=O) groups is 2.